The van der Waals surface area contributed by atoms with Gasteiger partial charge in [0.1, 0.15) is 41.4 Å². The number of carbonyl (C=O) groups excluding carboxylic acids is 1. The quantitative estimate of drug-likeness (QED) is 0.251. The Morgan fingerprint density at radius 3 is 2.30 bits per heavy atom. The second-order valence-electron chi connectivity index (χ2n) is 17.5. The molecule has 53 heavy (non-hydrogen) atoms. The topological polar surface area (TPSA) is 166 Å². The number of methoxy groups -OCH3 is 1. The highest BCUT2D eigenvalue weighted by Crippen LogP contribution is 2.48. The Hall–Kier alpha value is -1.39. The van der Waals surface area contributed by atoms with Gasteiger partial charge in [0, 0.05) is 31.9 Å². The van der Waals surface area contributed by atoms with Crippen LogP contribution in [0.5, 0.6) is 0 Å². The summed E-state index contributed by atoms with van der Waals surface area (Å²) in [4.78, 5) is 16.7. The van der Waals surface area contributed by atoms with Crippen LogP contribution in [0.4, 0.5) is 0 Å². The highest BCUT2D eigenvalue weighted by Gasteiger charge is 2.57. The number of cyclic esters (lactones) is 1. The second kappa shape index (κ2) is 16.6. The summed E-state index contributed by atoms with van der Waals surface area (Å²) in [7, 11) is 1.54. The van der Waals surface area contributed by atoms with Gasteiger partial charge < -0.3 is 53.6 Å². The van der Waals surface area contributed by atoms with E-state index in [1.807, 2.05) is 34.6 Å². The summed E-state index contributed by atoms with van der Waals surface area (Å²) < 4.78 is 45.4. The molecule has 0 aromatic heterocycles. The maximum absolute atomic E-state index is 14.4. The zero-order valence-electron chi connectivity index (χ0n) is 33.9. The maximum Gasteiger partial charge on any atom is 0.311 e. The van der Waals surface area contributed by atoms with E-state index in [4.69, 9.17) is 33.2 Å². The number of aliphatic hydroxyl groups is 4. The van der Waals surface area contributed by atoms with Crippen molar-refractivity contribution in [2.24, 2.45) is 17.8 Å². The van der Waals surface area contributed by atoms with Crippen molar-refractivity contribution >= 4 is 5.97 Å². The summed E-state index contributed by atoms with van der Waals surface area (Å²) in [6.07, 6.45) is -3.68. The first-order chi connectivity index (χ1) is 24.8. The molecule has 306 valence electrons. The minimum absolute atomic E-state index is 0.140. The highest BCUT2D eigenvalue weighted by atomic mass is 16.7. The van der Waals surface area contributed by atoms with E-state index >= 15 is 0 Å². The molecule has 5 heterocycles. The SMILES string of the molecule is CC[C@@H](O)[C@@](C)(O)[C@@H]1OC(=O)[C@H](C)[C@@H](O[C@H]2CC(C)(OC)[C@@H](O)C(C)O2)[C@H](C)[C@@H](O[C@@H]2OC(C)CC(N3CCCCC3)C2O)[C@]2(C)CC(C)=C(O2)[C@@H]1C. The number of hydrogen-bond donors (Lipinski definition) is 4. The van der Waals surface area contributed by atoms with Gasteiger partial charge in [-0.3, -0.25) is 9.69 Å². The molecule has 4 N–H and O–H groups in total. The fourth-order valence-corrected chi connectivity index (χ4v) is 9.82. The number of esters is 1. The second-order valence-corrected chi connectivity index (χ2v) is 17.5. The van der Waals surface area contributed by atoms with Crippen LogP contribution in [-0.4, -0.2) is 136 Å². The highest BCUT2D eigenvalue weighted by molar-refractivity contribution is 5.73. The van der Waals surface area contributed by atoms with Crippen molar-refractivity contribution in [2.45, 2.75) is 198 Å². The van der Waals surface area contributed by atoms with Crippen LogP contribution in [0.15, 0.2) is 11.3 Å². The van der Waals surface area contributed by atoms with Crippen molar-refractivity contribution in [3.8, 4) is 0 Å². The van der Waals surface area contributed by atoms with E-state index in [1.165, 1.54) is 20.5 Å². The van der Waals surface area contributed by atoms with E-state index < -0.39 is 95.8 Å². The molecule has 5 aliphatic rings. The molecule has 4 fully saturated rings. The van der Waals surface area contributed by atoms with Gasteiger partial charge in [0.05, 0.1) is 41.9 Å². The van der Waals surface area contributed by atoms with Crippen LogP contribution in [0.1, 0.15) is 114 Å². The fourth-order valence-electron chi connectivity index (χ4n) is 9.82. The molecule has 0 radical (unpaired) electrons. The largest absolute Gasteiger partial charge is 0.488 e. The van der Waals surface area contributed by atoms with Gasteiger partial charge in [-0.25, -0.2) is 0 Å². The molecule has 0 aromatic rings. The standard InChI is InChI=1S/C40H69NO12/c1-12-28(42)40(10,46)35-23(4)31-21(2)19-39(9,53-31)34(52-37-30(43)27(18-22(3)48-37)41-16-14-13-15-17-41)24(5)32(25(6)36(45)51-35)50-29-20-38(8,47-11)33(44)26(7)49-29/h22-30,32-35,37,42-44,46H,12-20H2,1-11H3/t22?,23-,24-,25+,26?,27?,28+,29-,30?,32-,33-,34+,35+,37-,38?,39-,40+/m0/s1. The lowest BCUT2D eigenvalue weighted by atomic mass is 9.78. The summed E-state index contributed by atoms with van der Waals surface area (Å²) in [6, 6.07) is -0.140. The summed E-state index contributed by atoms with van der Waals surface area (Å²) in [5, 5.41) is 45.7. The number of fused-ring (bicyclic) bond motifs is 2. The van der Waals surface area contributed by atoms with Gasteiger partial charge in [0.25, 0.3) is 0 Å². The van der Waals surface area contributed by atoms with Gasteiger partial charge in [0.2, 0.25) is 0 Å². The van der Waals surface area contributed by atoms with Gasteiger partial charge in [-0.1, -0.05) is 27.2 Å². The smallest absolute Gasteiger partial charge is 0.311 e. The predicted molar refractivity (Wildman–Crippen MR) is 195 cm³/mol. The van der Waals surface area contributed by atoms with Gasteiger partial charge in [-0.2, -0.15) is 0 Å². The molecular formula is C40H69NO12. The summed E-state index contributed by atoms with van der Waals surface area (Å²) in [5.74, 6) is -2.21. The molecule has 0 aliphatic carbocycles. The molecule has 13 nitrogen and oxygen atoms in total. The number of rotatable bonds is 9. The minimum Gasteiger partial charge on any atom is -0.488 e. The molecule has 0 spiro atoms. The monoisotopic (exact) mass is 755 g/mol. The van der Waals surface area contributed by atoms with Crippen LogP contribution < -0.4 is 0 Å². The van der Waals surface area contributed by atoms with Crippen LogP contribution in [0.3, 0.4) is 0 Å². The van der Waals surface area contributed by atoms with Crippen LogP contribution in [0, 0.1) is 17.8 Å². The lowest BCUT2D eigenvalue weighted by molar-refractivity contribution is -0.317. The Bertz CT molecular complexity index is 1290. The molecule has 4 saturated heterocycles. The Morgan fingerprint density at radius 1 is 1.02 bits per heavy atom. The molecule has 5 unspecified atom stereocenters. The third-order valence-electron chi connectivity index (χ3n) is 13.1. The van der Waals surface area contributed by atoms with E-state index in [0.29, 0.717) is 18.6 Å². The summed E-state index contributed by atoms with van der Waals surface area (Å²) in [5.41, 5.74) is -2.93. The van der Waals surface area contributed by atoms with Crippen molar-refractivity contribution < 1.29 is 58.4 Å². The van der Waals surface area contributed by atoms with E-state index in [9.17, 15) is 25.2 Å². The molecule has 17 atom stereocenters. The first-order valence-electron chi connectivity index (χ1n) is 20.0. The van der Waals surface area contributed by atoms with Gasteiger partial charge in [-0.05, 0) is 92.8 Å². The molecule has 0 amide bonds. The van der Waals surface area contributed by atoms with E-state index in [0.717, 1.165) is 31.5 Å². The lowest BCUT2D eigenvalue weighted by Gasteiger charge is -2.49. The predicted octanol–water partition coefficient (Wildman–Crippen LogP) is 3.82. The molecular weight excluding hydrogens is 686 g/mol. The van der Waals surface area contributed by atoms with Crippen LogP contribution in [-0.2, 0) is 38.0 Å². The van der Waals surface area contributed by atoms with Crippen LogP contribution in [0.25, 0.3) is 0 Å². The normalized spacial score (nSPS) is 46.5. The molecule has 0 saturated carbocycles. The number of piperidine rings is 1. The van der Waals surface area contributed by atoms with E-state index in [-0.39, 0.29) is 25.0 Å². The Balaban J connectivity index is 1.57. The van der Waals surface area contributed by atoms with Crippen molar-refractivity contribution in [3.05, 3.63) is 11.3 Å². The third kappa shape index (κ3) is 8.50. The van der Waals surface area contributed by atoms with Gasteiger partial charge in [-0.15, -0.1) is 0 Å². The Kier molecular flexibility index (Phi) is 13.4. The zero-order valence-corrected chi connectivity index (χ0v) is 33.9. The number of likely N-dealkylation sites (tertiary alicyclic amines) is 1. The van der Waals surface area contributed by atoms with Gasteiger partial charge in [0.15, 0.2) is 12.6 Å². The third-order valence-corrected chi connectivity index (χ3v) is 13.1. The molecule has 5 rings (SSSR count). The average Bonchev–Trinajstić information content (AvgIpc) is 3.44. The Labute approximate surface area is 316 Å². The fraction of sp³-hybridized carbons (Fsp3) is 0.925. The lowest BCUT2D eigenvalue weighted by Crippen LogP contribution is -2.61. The zero-order chi connectivity index (χ0) is 39.2. The van der Waals surface area contributed by atoms with Crippen molar-refractivity contribution in [2.75, 3.05) is 20.2 Å². The number of ether oxygens (including phenoxy) is 7. The number of aliphatic hydroxyl groups excluding tert-OH is 3. The van der Waals surface area contributed by atoms with Crippen LogP contribution >= 0.6 is 0 Å². The molecule has 0 aromatic carbocycles. The van der Waals surface area contributed by atoms with Crippen molar-refractivity contribution in [3.63, 3.8) is 0 Å². The van der Waals surface area contributed by atoms with Crippen molar-refractivity contribution in [1.82, 2.24) is 4.90 Å². The number of hydrogen-bond acceptors (Lipinski definition) is 13. The maximum atomic E-state index is 14.4. The number of carbonyl (C=O) groups is 1. The summed E-state index contributed by atoms with van der Waals surface area (Å²) in [6.45, 7) is 20.0. The van der Waals surface area contributed by atoms with Crippen molar-refractivity contribution in [1.29, 1.82) is 0 Å². The molecule has 2 bridgehead atoms. The first kappa shape index (κ1) is 42.7. The van der Waals surface area contributed by atoms with Gasteiger partial charge >= 0.3 is 5.97 Å². The minimum atomic E-state index is -1.82. The number of nitrogens with zero attached hydrogens (tertiary/aromatic N) is 1. The van der Waals surface area contributed by atoms with E-state index in [1.54, 1.807) is 27.7 Å². The molecule has 13 heteroatoms. The van der Waals surface area contributed by atoms with Crippen LogP contribution in [0.2, 0.25) is 0 Å². The van der Waals surface area contributed by atoms with E-state index in [2.05, 4.69) is 4.90 Å². The molecule has 5 aliphatic heterocycles. The Morgan fingerprint density at radius 2 is 1.68 bits per heavy atom. The summed E-state index contributed by atoms with van der Waals surface area (Å²) >= 11 is 0. The average molecular weight is 756 g/mol. The first-order valence-corrected chi connectivity index (χ1v) is 20.0.